The van der Waals surface area contributed by atoms with Crippen LogP contribution in [0.1, 0.15) is 6.42 Å². The third-order valence-corrected chi connectivity index (χ3v) is 6.38. The van der Waals surface area contributed by atoms with Gasteiger partial charge in [-0.2, -0.15) is 0 Å². The summed E-state index contributed by atoms with van der Waals surface area (Å²) < 4.78 is 15.9. The molecule has 7 heteroatoms. The molecule has 0 heterocycles. The molecule has 0 aliphatic heterocycles. The molecule has 110 valence electrons. The molecule has 0 aromatic heterocycles. The van der Waals surface area contributed by atoms with E-state index in [4.69, 9.17) is 9.96 Å². The van der Waals surface area contributed by atoms with Gasteiger partial charge in [0.25, 0.3) is 0 Å². The molecule has 1 aliphatic carbocycles. The summed E-state index contributed by atoms with van der Waals surface area (Å²) in [6, 6.07) is 0. The number of rotatable bonds is 7. The van der Waals surface area contributed by atoms with Gasteiger partial charge in [-0.1, -0.05) is 0 Å². The van der Waals surface area contributed by atoms with Crippen molar-refractivity contribution >= 4 is 17.9 Å². The van der Waals surface area contributed by atoms with Crippen molar-refractivity contribution in [1.29, 1.82) is 0 Å². The number of hydrogen-bond donors (Lipinski definition) is 0. The van der Waals surface area contributed by atoms with E-state index in [2.05, 4.69) is 19.7 Å². The quantitative estimate of drug-likeness (QED) is 0.525. The van der Waals surface area contributed by atoms with E-state index in [1.807, 2.05) is 0 Å². The Kier molecular flexibility index (Phi) is 6.08. The van der Waals surface area contributed by atoms with Crippen molar-refractivity contribution < 1.29 is 42.1 Å². The summed E-state index contributed by atoms with van der Waals surface area (Å²) in [6.07, 6.45) is 8.05. The predicted octanol–water partition coefficient (Wildman–Crippen LogP) is 1.92. The molecular weight excluding hydrogens is 312 g/mol. The molecule has 0 spiro atoms. The molecule has 6 nitrogen and oxygen atoms in total. The van der Waals surface area contributed by atoms with Crippen molar-refractivity contribution in [2.24, 2.45) is 0 Å². The van der Waals surface area contributed by atoms with Gasteiger partial charge in [-0.25, -0.2) is 0 Å². The minimum absolute atomic E-state index is 0.346. The monoisotopic (exact) mass is 326 g/mol. The third kappa shape index (κ3) is 4.41. The summed E-state index contributed by atoms with van der Waals surface area (Å²) in [4.78, 5) is 34.6. The van der Waals surface area contributed by atoms with Crippen molar-refractivity contribution in [3.63, 3.8) is 0 Å². The molecular formula is C14H14O6Ti. The first-order valence-corrected chi connectivity index (χ1v) is 8.59. The zero-order chi connectivity index (χ0) is 15.9. The van der Waals surface area contributed by atoms with Crippen LogP contribution in [0, 0.1) is 0 Å². The van der Waals surface area contributed by atoms with Crippen LogP contribution in [0.4, 0.5) is 0 Å². The number of carbonyl (C=O) groups excluding carboxylic acids is 3. The van der Waals surface area contributed by atoms with Gasteiger partial charge in [0.15, 0.2) is 0 Å². The summed E-state index contributed by atoms with van der Waals surface area (Å²) >= 11 is -4.70. The van der Waals surface area contributed by atoms with Gasteiger partial charge >= 0.3 is 126 Å². The van der Waals surface area contributed by atoms with E-state index in [9.17, 15) is 14.4 Å². The zero-order valence-electron chi connectivity index (χ0n) is 11.2. The third-order valence-electron chi connectivity index (χ3n) is 2.37. The van der Waals surface area contributed by atoms with E-state index in [-0.39, 0.29) is 0 Å². The zero-order valence-corrected chi connectivity index (χ0v) is 12.8. The van der Waals surface area contributed by atoms with Crippen LogP contribution in [0.5, 0.6) is 0 Å². The summed E-state index contributed by atoms with van der Waals surface area (Å²) in [5.74, 6) is -2.55. The molecule has 21 heavy (non-hydrogen) atoms. The Morgan fingerprint density at radius 2 is 1.38 bits per heavy atom. The molecule has 0 saturated carbocycles. The summed E-state index contributed by atoms with van der Waals surface area (Å²) in [5.41, 5.74) is 0. The van der Waals surface area contributed by atoms with Crippen molar-refractivity contribution in [3.05, 3.63) is 60.1 Å². The van der Waals surface area contributed by atoms with Crippen LogP contribution in [0.15, 0.2) is 60.1 Å². The Hall–Kier alpha value is -2.18. The molecule has 1 aliphatic rings. The van der Waals surface area contributed by atoms with Gasteiger partial charge in [0.05, 0.1) is 0 Å². The molecule has 0 saturated heterocycles. The van der Waals surface area contributed by atoms with Crippen molar-refractivity contribution in [3.8, 4) is 0 Å². The first-order valence-electron chi connectivity index (χ1n) is 5.90. The second kappa shape index (κ2) is 7.57. The topological polar surface area (TPSA) is 78.9 Å². The second-order valence-corrected chi connectivity index (χ2v) is 7.45. The van der Waals surface area contributed by atoms with Gasteiger partial charge in [-0.3, -0.25) is 0 Å². The van der Waals surface area contributed by atoms with Crippen LogP contribution in [0.3, 0.4) is 0 Å². The Labute approximate surface area is 126 Å². The standard InChI is InChI=1S/C5H5.3C3H4O2.Ti/c1-2-4-5-3-1;3*1-2-3(4)5;/h1-3H,4H2;3*2H,1H2,(H,4,5);/q;;;;+3/p-3. The number of allylic oxidation sites excluding steroid dienone is 4. The Morgan fingerprint density at radius 1 is 0.952 bits per heavy atom. The van der Waals surface area contributed by atoms with E-state index in [0.717, 1.165) is 18.2 Å². The molecule has 0 unspecified atom stereocenters. The normalized spacial score (nSPS) is 12.9. The van der Waals surface area contributed by atoms with Crippen LogP contribution < -0.4 is 0 Å². The van der Waals surface area contributed by atoms with Crippen LogP contribution in [-0.4, -0.2) is 17.9 Å². The van der Waals surface area contributed by atoms with Gasteiger partial charge in [0.2, 0.25) is 0 Å². The SMILES string of the molecule is C=CC(=O)[O][Ti]([O]C(=O)C=C)([O]C(=O)C=C)[C]1=CC=CC1. The van der Waals surface area contributed by atoms with E-state index < -0.39 is 35.7 Å². The van der Waals surface area contributed by atoms with E-state index >= 15 is 0 Å². The Balaban J connectivity index is 3.22. The molecule has 0 fully saturated rings. The maximum absolute atomic E-state index is 11.5. The van der Waals surface area contributed by atoms with E-state index in [1.54, 1.807) is 18.2 Å². The Morgan fingerprint density at radius 3 is 1.67 bits per heavy atom. The van der Waals surface area contributed by atoms with Crippen molar-refractivity contribution in [1.82, 2.24) is 0 Å². The van der Waals surface area contributed by atoms with Gasteiger partial charge in [-0.15, -0.1) is 0 Å². The molecule has 0 aromatic carbocycles. The average Bonchev–Trinajstić information content (AvgIpc) is 3.01. The second-order valence-electron chi connectivity index (χ2n) is 3.76. The van der Waals surface area contributed by atoms with Gasteiger partial charge in [0.1, 0.15) is 0 Å². The van der Waals surface area contributed by atoms with Crippen LogP contribution in [0.25, 0.3) is 0 Å². The van der Waals surface area contributed by atoms with Gasteiger partial charge in [0, 0.05) is 0 Å². The molecule has 0 radical (unpaired) electrons. The first kappa shape index (κ1) is 16.9. The van der Waals surface area contributed by atoms with E-state index in [1.165, 1.54) is 0 Å². The number of carbonyl (C=O) groups is 3. The fourth-order valence-corrected chi connectivity index (χ4v) is 4.94. The molecule has 0 aromatic rings. The van der Waals surface area contributed by atoms with Crippen molar-refractivity contribution in [2.45, 2.75) is 6.42 Å². The van der Waals surface area contributed by atoms with Crippen LogP contribution in [-0.2, 0) is 42.1 Å². The van der Waals surface area contributed by atoms with Gasteiger partial charge < -0.3 is 0 Å². The summed E-state index contributed by atoms with van der Waals surface area (Å²) in [5, 5.41) is 0. The van der Waals surface area contributed by atoms with Crippen molar-refractivity contribution in [2.75, 3.05) is 0 Å². The minimum atomic E-state index is -4.70. The first-order chi connectivity index (χ1) is 9.97. The van der Waals surface area contributed by atoms with Gasteiger partial charge in [-0.05, 0) is 0 Å². The molecule has 1 rings (SSSR count). The molecule has 0 bridgehead atoms. The van der Waals surface area contributed by atoms with Crippen LogP contribution >= 0.6 is 0 Å². The average molecular weight is 326 g/mol. The summed E-state index contributed by atoms with van der Waals surface area (Å²) in [6.45, 7) is 9.81. The molecule has 0 N–H and O–H groups in total. The Bertz CT molecular complexity index is 503. The summed E-state index contributed by atoms with van der Waals surface area (Å²) in [7, 11) is 0. The number of hydrogen-bond acceptors (Lipinski definition) is 6. The van der Waals surface area contributed by atoms with E-state index in [0.29, 0.717) is 10.3 Å². The maximum atomic E-state index is 11.5. The molecule has 0 amide bonds. The molecule has 0 atom stereocenters. The fraction of sp³-hybridized carbons (Fsp3) is 0.0714. The predicted molar refractivity (Wildman–Crippen MR) is 70.7 cm³/mol. The fourth-order valence-electron chi connectivity index (χ4n) is 1.46. The van der Waals surface area contributed by atoms with Crippen LogP contribution in [0.2, 0.25) is 0 Å².